The van der Waals surface area contributed by atoms with Crippen molar-refractivity contribution in [2.75, 3.05) is 13.2 Å². The first kappa shape index (κ1) is 14.0. The lowest BCUT2D eigenvalue weighted by molar-refractivity contribution is -0.124. The van der Waals surface area contributed by atoms with Gasteiger partial charge in [-0.1, -0.05) is 6.92 Å². The second-order valence-electron chi connectivity index (χ2n) is 3.56. The van der Waals surface area contributed by atoms with E-state index in [0.29, 0.717) is 17.9 Å². The summed E-state index contributed by atoms with van der Waals surface area (Å²) in [6, 6.07) is 6.60. The Morgan fingerprint density at radius 3 is 2.50 bits per heavy atom. The van der Waals surface area contributed by atoms with E-state index in [4.69, 9.17) is 10.5 Å². The molecule has 0 fully saturated rings. The van der Waals surface area contributed by atoms with E-state index in [2.05, 4.69) is 10.3 Å². The number of hydrogen-bond acceptors (Lipinski definition) is 4. The molecule has 0 heterocycles. The average molecular weight is 252 g/mol. The van der Waals surface area contributed by atoms with Crippen LogP contribution < -0.4 is 16.0 Å². The minimum atomic E-state index is -0.654. The number of primary amides is 1. The minimum Gasteiger partial charge on any atom is -0.494 e. The van der Waals surface area contributed by atoms with Crippen molar-refractivity contribution in [3.8, 4) is 5.75 Å². The molecule has 0 aliphatic heterocycles. The second-order valence-corrected chi connectivity index (χ2v) is 3.56. The van der Waals surface area contributed by atoms with Crippen molar-refractivity contribution < 1.29 is 19.2 Å². The average Bonchev–Trinajstić information content (AvgIpc) is 2.36. The van der Waals surface area contributed by atoms with Crippen LogP contribution >= 0.6 is 0 Å². The zero-order valence-electron chi connectivity index (χ0n) is 10.1. The Morgan fingerprint density at radius 1 is 1.28 bits per heavy atom. The van der Waals surface area contributed by atoms with Crippen molar-refractivity contribution in [1.29, 1.82) is 0 Å². The Bertz CT molecular complexity index is 403. The molecule has 6 nitrogen and oxygen atoms in total. The number of ether oxygens (including phenoxy) is 1. The summed E-state index contributed by atoms with van der Waals surface area (Å²) in [6.07, 6.45) is 0.920. The van der Waals surface area contributed by atoms with Crippen LogP contribution in [0.3, 0.4) is 0 Å². The largest absolute Gasteiger partial charge is 0.494 e. The first-order valence-electron chi connectivity index (χ1n) is 5.56. The summed E-state index contributed by atoms with van der Waals surface area (Å²) in [6.45, 7) is 2.29. The van der Waals surface area contributed by atoms with Crippen LogP contribution in [-0.4, -0.2) is 25.0 Å². The van der Waals surface area contributed by atoms with Crippen molar-refractivity contribution >= 4 is 11.8 Å². The van der Waals surface area contributed by atoms with E-state index in [0.717, 1.165) is 6.42 Å². The van der Waals surface area contributed by atoms with E-state index in [-0.39, 0.29) is 6.61 Å². The molecule has 0 saturated heterocycles. The maximum Gasteiger partial charge on any atom is 0.274 e. The van der Waals surface area contributed by atoms with E-state index >= 15 is 0 Å². The minimum absolute atomic E-state index is 0.358. The van der Waals surface area contributed by atoms with E-state index < -0.39 is 11.8 Å². The Labute approximate surface area is 105 Å². The molecule has 0 radical (unpaired) electrons. The van der Waals surface area contributed by atoms with Gasteiger partial charge in [0.2, 0.25) is 5.91 Å². The summed E-state index contributed by atoms with van der Waals surface area (Å²) < 4.78 is 5.38. The number of nitrogens with one attached hydrogen (secondary N) is 1. The van der Waals surface area contributed by atoms with Crippen molar-refractivity contribution in [3.63, 3.8) is 0 Å². The van der Waals surface area contributed by atoms with Gasteiger partial charge in [-0.2, -0.15) is 0 Å². The lowest BCUT2D eigenvalue weighted by Crippen LogP contribution is -2.29. The molecule has 2 amide bonds. The van der Waals surface area contributed by atoms with Crippen molar-refractivity contribution in [3.05, 3.63) is 29.8 Å². The van der Waals surface area contributed by atoms with Gasteiger partial charge in [-0.3, -0.25) is 14.4 Å². The topological polar surface area (TPSA) is 90.7 Å². The Morgan fingerprint density at radius 2 is 1.94 bits per heavy atom. The molecular formula is C12H16N2O4. The van der Waals surface area contributed by atoms with Crippen LogP contribution in [0, 0.1) is 0 Å². The first-order valence-corrected chi connectivity index (χ1v) is 5.56. The molecule has 0 aliphatic carbocycles. The molecule has 1 aromatic rings. The molecule has 0 aliphatic rings. The molecule has 3 N–H and O–H groups in total. The maximum absolute atomic E-state index is 11.5. The molecule has 0 atom stereocenters. The van der Waals surface area contributed by atoms with Gasteiger partial charge < -0.3 is 10.5 Å². The summed E-state index contributed by atoms with van der Waals surface area (Å²) >= 11 is 0. The normalized spacial score (nSPS) is 9.83. The number of carbonyl (C=O) groups is 2. The van der Waals surface area contributed by atoms with Gasteiger partial charge in [-0.25, -0.2) is 5.48 Å². The fourth-order valence-corrected chi connectivity index (χ4v) is 1.15. The summed E-state index contributed by atoms with van der Waals surface area (Å²) in [5.41, 5.74) is 7.37. The summed E-state index contributed by atoms with van der Waals surface area (Å²) in [5, 5.41) is 0. The predicted octanol–water partition coefficient (Wildman–Crippen LogP) is 0.622. The van der Waals surface area contributed by atoms with Crippen molar-refractivity contribution in [2.45, 2.75) is 13.3 Å². The summed E-state index contributed by atoms with van der Waals surface area (Å²) in [5.74, 6) is -0.400. The van der Waals surface area contributed by atoms with E-state index in [1.807, 2.05) is 6.92 Å². The van der Waals surface area contributed by atoms with Crippen LogP contribution in [0.4, 0.5) is 0 Å². The Hall–Kier alpha value is -2.08. The number of benzene rings is 1. The Kier molecular flexibility index (Phi) is 5.66. The molecule has 98 valence electrons. The molecule has 1 aromatic carbocycles. The van der Waals surface area contributed by atoms with Gasteiger partial charge in [0.1, 0.15) is 5.75 Å². The van der Waals surface area contributed by atoms with Crippen LogP contribution in [0.2, 0.25) is 0 Å². The molecule has 18 heavy (non-hydrogen) atoms. The lowest BCUT2D eigenvalue weighted by atomic mass is 10.2. The van der Waals surface area contributed by atoms with Gasteiger partial charge >= 0.3 is 0 Å². The van der Waals surface area contributed by atoms with E-state index in [9.17, 15) is 9.59 Å². The zero-order chi connectivity index (χ0) is 13.4. The molecular weight excluding hydrogens is 236 g/mol. The second kappa shape index (κ2) is 7.29. The fourth-order valence-electron chi connectivity index (χ4n) is 1.15. The quantitative estimate of drug-likeness (QED) is 0.696. The SMILES string of the molecule is CCCOc1ccc(C(=O)NOCC(N)=O)cc1. The van der Waals surface area contributed by atoms with Gasteiger partial charge in [0.25, 0.3) is 5.91 Å². The summed E-state index contributed by atoms with van der Waals surface area (Å²) in [4.78, 5) is 26.5. The molecule has 0 saturated carbocycles. The number of nitrogens with two attached hydrogens (primary N) is 1. The van der Waals surface area contributed by atoms with Gasteiger partial charge in [-0.15, -0.1) is 0 Å². The molecule has 0 spiro atoms. The molecule has 6 heteroatoms. The summed E-state index contributed by atoms with van der Waals surface area (Å²) in [7, 11) is 0. The third kappa shape index (κ3) is 4.84. The van der Waals surface area contributed by atoms with E-state index in [1.165, 1.54) is 0 Å². The lowest BCUT2D eigenvalue weighted by Gasteiger charge is -2.06. The van der Waals surface area contributed by atoms with Gasteiger partial charge in [-0.05, 0) is 30.7 Å². The van der Waals surface area contributed by atoms with Crippen LogP contribution in [0.5, 0.6) is 5.75 Å². The first-order chi connectivity index (χ1) is 8.63. The Balaban J connectivity index is 2.46. The number of hydroxylamine groups is 1. The third-order valence-electron chi connectivity index (χ3n) is 1.97. The number of carbonyl (C=O) groups excluding carboxylic acids is 2. The van der Waals surface area contributed by atoms with Crippen LogP contribution in [0.1, 0.15) is 23.7 Å². The zero-order valence-corrected chi connectivity index (χ0v) is 10.1. The highest BCUT2D eigenvalue weighted by Gasteiger charge is 2.06. The number of rotatable bonds is 7. The van der Waals surface area contributed by atoms with Crippen molar-refractivity contribution in [2.24, 2.45) is 5.73 Å². The van der Waals surface area contributed by atoms with Crippen LogP contribution in [0.15, 0.2) is 24.3 Å². The van der Waals surface area contributed by atoms with Crippen molar-refractivity contribution in [1.82, 2.24) is 5.48 Å². The van der Waals surface area contributed by atoms with Crippen LogP contribution in [0.25, 0.3) is 0 Å². The molecule has 0 aromatic heterocycles. The molecule has 1 rings (SSSR count). The predicted molar refractivity (Wildman–Crippen MR) is 64.8 cm³/mol. The molecule has 0 bridgehead atoms. The van der Waals surface area contributed by atoms with Gasteiger partial charge in [0.05, 0.1) is 6.61 Å². The number of amides is 2. The standard InChI is InChI=1S/C12H16N2O4/c1-2-7-17-10-5-3-9(4-6-10)12(16)14-18-8-11(13)15/h3-6H,2,7-8H2,1H3,(H2,13,15)(H,14,16). The van der Waals surface area contributed by atoms with Gasteiger partial charge in [0, 0.05) is 5.56 Å². The highest BCUT2D eigenvalue weighted by atomic mass is 16.7. The smallest absolute Gasteiger partial charge is 0.274 e. The van der Waals surface area contributed by atoms with E-state index in [1.54, 1.807) is 24.3 Å². The highest BCUT2D eigenvalue weighted by molar-refractivity contribution is 5.93. The third-order valence-corrected chi connectivity index (χ3v) is 1.97. The maximum atomic E-state index is 11.5. The molecule has 0 unspecified atom stereocenters. The van der Waals surface area contributed by atoms with Gasteiger partial charge in [0.15, 0.2) is 6.61 Å². The highest BCUT2D eigenvalue weighted by Crippen LogP contribution is 2.12. The number of hydrogen-bond donors (Lipinski definition) is 2. The monoisotopic (exact) mass is 252 g/mol. The fraction of sp³-hybridized carbons (Fsp3) is 0.333. The van der Waals surface area contributed by atoms with Crippen LogP contribution in [-0.2, 0) is 9.63 Å².